The number of anilines is 1. The number of sulfonamides is 1. The lowest BCUT2D eigenvalue weighted by atomic mass is 10.2. The molecule has 1 aliphatic heterocycles. The molecular formula is C20H24N4O5S. The molecule has 1 N–H and O–H groups in total. The van der Waals surface area contributed by atoms with Gasteiger partial charge >= 0.3 is 0 Å². The van der Waals surface area contributed by atoms with E-state index in [0.29, 0.717) is 24.7 Å². The highest BCUT2D eigenvalue weighted by Gasteiger charge is 2.30. The molecule has 2 aromatic rings. The van der Waals surface area contributed by atoms with Crippen LogP contribution < -0.4 is 10.1 Å². The third-order valence-corrected chi connectivity index (χ3v) is 6.70. The molecule has 9 nitrogen and oxygen atoms in total. The van der Waals surface area contributed by atoms with Crippen LogP contribution in [0.15, 0.2) is 53.6 Å². The van der Waals surface area contributed by atoms with E-state index in [1.807, 2.05) is 0 Å². The highest BCUT2D eigenvalue weighted by Crippen LogP contribution is 2.20. The van der Waals surface area contributed by atoms with Crippen LogP contribution in [0, 0.1) is 0 Å². The van der Waals surface area contributed by atoms with Gasteiger partial charge in [-0.15, -0.1) is 0 Å². The van der Waals surface area contributed by atoms with E-state index < -0.39 is 10.0 Å². The molecule has 0 aliphatic carbocycles. The zero-order chi connectivity index (χ0) is 21.6. The summed E-state index contributed by atoms with van der Waals surface area (Å²) in [7, 11) is -2.09. The summed E-state index contributed by atoms with van der Waals surface area (Å²) in [4.78, 5) is 30.5. The second kappa shape index (κ2) is 9.68. The summed E-state index contributed by atoms with van der Waals surface area (Å²) in [5, 5.41) is 2.63. The number of hydrogen-bond acceptors (Lipinski definition) is 6. The third kappa shape index (κ3) is 5.14. The van der Waals surface area contributed by atoms with E-state index >= 15 is 0 Å². The van der Waals surface area contributed by atoms with Crippen molar-refractivity contribution in [2.24, 2.45) is 0 Å². The quantitative estimate of drug-likeness (QED) is 0.707. The molecule has 0 atom stereocenters. The first kappa shape index (κ1) is 21.7. The maximum absolute atomic E-state index is 12.7. The number of methoxy groups -OCH3 is 1. The molecule has 3 rings (SSSR count). The van der Waals surface area contributed by atoms with Gasteiger partial charge in [-0.05, 0) is 24.3 Å². The van der Waals surface area contributed by atoms with E-state index in [4.69, 9.17) is 4.74 Å². The number of piperazine rings is 1. The lowest BCUT2D eigenvalue weighted by molar-refractivity contribution is -0.133. The summed E-state index contributed by atoms with van der Waals surface area (Å²) >= 11 is 0. The van der Waals surface area contributed by atoms with E-state index in [1.165, 1.54) is 17.6 Å². The van der Waals surface area contributed by atoms with Crippen molar-refractivity contribution in [3.05, 3.63) is 48.7 Å². The highest BCUT2D eigenvalue weighted by molar-refractivity contribution is 7.89. The van der Waals surface area contributed by atoms with Crippen molar-refractivity contribution in [2.45, 2.75) is 17.7 Å². The summed E-state index contributed by atoms with van der Waals surface area (Å²) in [6.07, 6.45) is 1.57. The molecule has 1 aliphatic rings. The minimum Gasteiger partial charge on any atom is -0.493 e. The average Bonchev–Trinajstić information content (AvgIpc) is 2.78. The van der Waals surface area contributed by atoms with Crippen molar-refractivity contribution in [2.75, 3.05) is 38.6 Å². The van der Waals surface area contributed by atoms with Crippen LogP contribution in [0.25, 0.3) is 0 Å². The van der Waals surface area contributed by atoms with Gasteiger partial charge in [0.1, 0.15) is 0 Å². The molecule has 1 fully saturated rings. The van der Waals surface area contributed by atoms with Gasteiger partial charge in [0.15, 0.2) is 11.6 Å². The van der Waals surface area contributed by atoms with E-state index in [1.54, 1.807) is 47.4 Å². The number of amides is 2. The summed E-state index contributed by atoms with van der Waals surface area (Å²) in [6.45, 7) is 1.03. The van der Waals surface area contributed by atoms with Crippen LogP contribution in [-0.4, -0.2) is 67.7 Å². The van der Waals surface area contributed by atoms with Gasteiger partial charge in [0.25, 0.3) is 0 Å². The summed E-state index contributed by atoms with van der Waals surface area (Å²) in [6, 6.07) is 11.6. The molecular weight excluding hydrogens is 408 g/mol. The Balaban J connectivity index is 1.48. The van der Waals surface area contributed by atoms with E-state index in [0.717, 1.165) is 0 Å². The molecule has 160 valence electrons. The van der Waals surface area contributed by atoms with Gasteiger partial charge in [0, 0.05) is 45.2 Å². The number of aromatic nitrogens is 1. The van der Waals surface area contributed by atoms with Gasteiger partial charge < -0.3 is 15.0 Å². The highest BCUT2D eigenvalue weighted by atomic mass is 32.2. The zero-order valence-corrected chi connectivity index (χ0v) is 17.5. The van der Waals surface area contributed by atoms with Crippen LogP contribution in [0.1, 0.15) is 12.8 Å². The van der Waals surface area contributed by atoms with Gasteiger partial charge in [-0.25, -0.2) is 13.4 Å². The minimum absolute atomic E-state index is 0.00108. The van der Waals surface area contributed by atoms with Crippen LogP contribution in [0.3, 0.4) is 0 Å². The predicted octanol–water partition coefficient (Wildman–Crippen LogP) is 1.34. The number of rotatable bonds is 7. The van der Waals surface area contributed by atoms with Crippen molar-refractivity contribution >= 4 is 27.7 Å². The number of nitrogens with zero attached hydrogens (tertiary/aromatic N) is 3. The van der Waals surface area contributed by atoms with Gasteiger partial charge in [-0.3, -0.25) is 9.59 Å². The van der Waals surface area contributed by atoms with Crippen molar-refractivity contribution in [1.82, 2.24) is 14.2 Å². The number of nitrogens with one attached hydrogen (secondary N) is 1. The Bertz CT molecular complexity index is 989. The molecule has 0 radical (unpaired) electrons. The fourth-order valence-corrected chi connectivity index (χ4v) is 4.58. The maximum atomic E-state index is 12.7. The Morgan fingerprint density at radius 3 is 2.40 bits per heavy atom. The van der Waals surface area contributed by atoms with Crippen molar-refractivity contribution in [3.8, 4) is 5.75 Å². The molecule has 2 heterocycles. The minimum atomic E-state index is -3.57. The number of ether oxygens (including phenoxy) is 1. The number of hydrogen-bond donors (Lipinski definition) is 1. The molecule has 2 amide bonds. The first-order chi connectivity index (χ1) is 14.4. The monoisotopic (exact) mass is 432 g/mol. The Labute approximate surface area is 175 Å². The largest absolute Gasteiger partial charge is 0.493 e. The lowest BCUT2D eigenvalue weighted by Crippen LogP contribution is -2.50. The molecule has 0 spiro atoms. The van der Waals surface area contributed by atoms with Crippen molar-refractivity contribution in [3.63, 3.8) is 0 Å². The molecule has 30 heavy (non-hydrogen) atoms. The topological polar surface area (TPSA) is 109 Å². The average molecular weight is 433 g/mol. The summed E-state index contributed by atoms with van der Waals surface area (Å²) in [5.41, 5.74) is 0. The number of benzene rings is 1. The molecule has 0 bridgehead atoms. The van der Waals surface area contributed by atoms with Crippen LogP contribution >= 0.6 is 0 Å². The number of carbonyl (C=O) groups excluding carboxylic acids is 2. The SMILES string of the molecule is COc1cccnc1NC(=O)CCC(=O)N1CCN(S(=O)(=O)c2ccccc2)CC1. The maximum Gasteiger partial charge on any atom is 0.243 e. The van der Waals surface area contributed by atoms with E-state index in [9.17, 15) is 18.0 Å². The Kier molecular flexibility index (Phi) is 7.01. The normalized spacial score (nSPS) is 14.9. The van der Waals surface area contributed by atoms with E-state index in [-0.39, 0.29) is 42.6 Å². The molecule has 0 saturated carbocycles. The smallest absolute Gasteiger partial charge is 0.243 e. The van der Waals surface area contributed by atoms with Gasteiger partial charge in [0.2, 0.25) is 21.8 Å². The van der Waals surface area contributed by atoms with Crippen LogP contribution in [0.5, 0.6) is 5.75 Å². The van der Waals surface area contributed by atoms with Crippen LogP contribution in [0.4, 0.5) is 5.82 Å². The second-order valence-electron chi connectivity index (χ2n) is 6.70. The van der Waals surface area contributed by atoms with Gasteiger partial charge in [0.05, 0.1) is 12.0 Å². The number of carbonyl (C=O) groups is 2. The molecule has 1 aromatic heterocycles. The molecule has 1 aromatic carbocycles. The number of pyridine rings is 1. The molecule has 10 heteroatoms. The molecule has 1 saturated heterocycles. The van der Waals surface area contributed by atoms with Crippen LogP contribution in [0.2, 0.25) is 0 Å². The lowest BCUT2D eigenvalue weighted by Gasteiger charge is -2.34. The van der Waals surface area contributed by atoms with Crippen LogP contribution in [-0.2, 0) is 19.6 Å². The second-order valence-corrected chi connectivity index (χ2v) is 8.64. The molecule has 0 unspecified atom stereocenters. The zero-order valence-electron chi connectivity index (χ0n) is 16.7. The third-order valence-electron chi connectivity index (χ3n) is 4.79. The Morgan fingerprint density at radius 1 is 1.03 bits per heavy atom. The fourth-order valence-electron chi connectivity index (χ4n) is 3.14. The standard InChI is InChI=1S/C20H24N4O5S/c1-29-17-8-5-11-21-20(17)22-18(25)9-10-19(26)23-12-14-24(15-13-23)30(27,28)16-6-3-2-4-7-16/h2-8,11H,9-10,12-15H2,1H3,(H,21,22,25). The predicted molar refractivity (Wildman–Crippen MR) is 110 cm³/mol. The summed E-state index contributed by atoms with van der Waals surface area (Å²) in [5.74, 6) is 0.214. The first-order valence-corrected chi connectivity index (χ1v) is 11.0. The Morgan fingerprint density at radius 2 is 1.73 bits per heavy atom. The Hall–Kier alpha value is -2.98. The van der Waals surface area contributed by atoms with Crippen molar-refractivity contribution < 1.29 is 22.7 Å². The van der Waals surface area contributed by atoms with Gasteiger partial charge in [-0.2, -0.15) is 4.31 Å². The fraction of sp³-hybridized carbons (Fsp3) is 0.350. The van der Waals surface area contributed by atoms with E-state index in [2.05, 4.69) is 10.3 Å². The first-order valence-electron chi connectivity index (χ1n) is 9.53. The van der Waals surface area contributed by atoms with Gasteiger partial charge in [-0.1, -0.05) is 18.2 Å². The van der Waals surface area contributed by atoms with Crippen molar-refractivity contribution in [1.29, 1.82) is 0 Å². The summed E-state index contributed by atoms with van der Waals surface area (Å²) < 4.78 is 31.8.